The number of carbonyl (C=O) groups is 3. The highest BCUT2D eigenvalue weighted by molar-refractivity contribution is 5.83. The fourth-order valence-corrected chi connectivity index (χ4v) is 6.83. The Morgan fingerprint density at radius 2 is 1.91 bits per heavy atom. The molecule has 0 aromatic heterocycles. The van der Waals surface area contributed by atoms with Crippen molar-refractivity contribution >= 4 is 17.8 Å². The summed E-state index contributed by atoms with van der Waals surface area (Å²) in [4.78, 5) is 40.4. The third-order valence-electron chi connectivity index (χ3n) is 9.33. The molecule has 0 unspecified atom stereocenters. The molecule has 11 heteroatoms. The summed E-state index contributed by atoms with van der Waals surface area (Å²) in [6.07, 6.45) is -1.24. The molecular formula is C33H40N2O9. The number of piperidine rings is 1. The number of methoxy groups -OCH3 is 1. The molecule has 2 aromatic rings. The smallest absolute Gasteiger partial charge is 0.357 e. The van der Waals surface area contributed by atoms with Gasteiger partial charge in [0.2, 0.25) is 12.0 Å². The van der Waals surface area contributed by atoms with Crippen LogP contribution in [-0.4, -0.2) is 84.1 Å². The highest BCUT2D eigenvalue weighted by Gasteiger charge is 2.69. The van der Waals surface area contributed by atoms with Crippen molar-refractivity contribution < 1.29 is 43.5 Å². The summed E-state index contributed by atoms with van der Waals surface area (Å²) in [6, 6.07) is 12.0. The zero-order valence-electron chi connectivity index (χ0n) is 25.7. The van der Waals surface area contributed by atoms with E-state index in [1.54, 1.807) is 43.5 Å². The van der Waals surface area contributed by atoms with E-state index in [9.17, 15) is 24.6 Å². The minimum Gasteiger partial charge on any atom is -0.493 e. The van der Waals surface area contributed by atoms with Gasteiger partial charge >= 0.3 is 11.9 Å². The number of aliphatic hydroxyl groups excluding tert-OH is 1. The fourth-order valence-electron chi connectivity index (χ4n) is 6.83. The Bertz CT molecular complexity index is 1460. The van der Waals surface area contributed by atoms with Crippen molar-refractivity contribution in [3.05, 3.63) is 71.0 Å². The van der Waals surface area contributed by atoms with E-state index in [4.69, 9.17) is 18.9 Å². The number of rotatable bonds is 9. The molecule has 2 aromatic carbocycles. The van der Waals surface area contributed by atoms with Crippen molar-refractivity contribution in [3.63, 3.8) is 0 Å². The van der Waals surface area contributed by atoms with Gasteiger partial charge in [-0.1, -0.05) is 36.4 Å². The Labute approximate surface area is 256 Å². The van der Waals surface area contributed by atoms with Crippen LogP contribution in [0.25, 0.3) is 0 Å². The summed E-state index contributed by atoms with van der Waals surface area (Å²) in [5, 5.41) is 24.3. The van der Waals surface area contributed by atoms with Crippen LogP contribution < -0.4 is 14.8 Å². The maximum atomic E-state index is 13.8. The molecule has 236 valence electrons. The van der Waals surface area contributed by atoms with Crippen molar-refractivity contribution in [1.82, 2.24) is 10.2 Å². The zero-order valence-corrected chi connectivity index (χ0v) is 25.7. The van der Waals surface area contributed by atoms with E-state index in [0.717, 1.165) is 11.1 Å². The summed E-state index contributed by atoms with van der Waals surface area (Å²) < 4.78 is 23.9. The minimum atomic E-state index is -1.40. The van der Waals surface area contributed by atoms with Crippen molar-refractivity contribution in [2.24, 2.45) is 0 Å². The second kappa shape index (κ2) is 12.2. The number of fused-ring (bicyclic) bond motifs is 1. The lowest BCUT2D eigenvalue weighted by molar-refractivity contribution is -0.173. The van der Waals surface area contributed by atoms with Gasteiger partial charge in [0.25, 0.3) is 0 Å². The maximum absolute atomic E-state index is 13.8. The molecule has 3 aliphatic rings. The van der Waals surface area contributed by atoms with E-state index in [-0.39, 0.29) is 31.2 Å². The quantitative estimate of drug-likeness (QED) is 0.363. The van der Waals surface area contributed by atoms with Crippen LogP contribution in [0.3, 0.4) is 0 Å². The first-order valence-corrected chi connectivity index (χ1v) is 14.8. The highest BCUT2D eigenvalue weighted by atomic mass is 16.6. The van der Waals surface area contributed by atoms with Crippen LogP contribution >= 0.6 is 0 Å². The second-order valence-corrected chi connectivity index (χ2v) is 11.8. The number of likely N-dealkylation sites (N-methyl/N-ethyl adjacent to an activating group) is 1. The van der Waals surface area contributed by atoms with Gasteiger partial charge in [-0.2, -0.15) is 0 Å². The summed E-state index contributed by atoms with van der Waals surface area (Å²) in [5.41, 5.74) is 0.00628. The number of aliphatic hydroxyl groups is 2. The van der Waals surface area contributed by atoms with E-state index in [0.29, 0.717) is 30.0 Å². The molecule has 1 amide bonds. The first kappa shape index (κ1) is 31.5. The van der Waals surface area contributed by atoms with E-state index in [2.05, 4.69) is 10.2 Å². The van der Waals surface area contributed by atoms with E-state index in [1.165, 1.54) is 6.92 Å². The monoisotopic (exact) mass is 608 g/mol. The number of aryl methyl sites for hydroxylation is 1. The summed E-state index contributed by atoms with van der Waals surface area (Å²) in [7, 11) is 3.54. The third kappa shape index (κ3) is 5.22. The summed E-state index contributed by atoms with van der Waals surface area (Å²) >= 11 is 0. The molecule has 6 atom stereocenters. The van der Waals surface area contributed by atoms with E-state index >= 15 is 0 Å². The van der Waals surface area contributed by atoms with Gasteiger partial charge in [0, 0.05) is 30.1 Å². The van der Waals surface area contributed by atoms with Gasteiger partial charge in [-0.3, -0.25) is 9.59 Å². The van der Waals surface area contributed by atoms with Crippen LogP contribution in [0.2, 0.25) is 0 Å². The molecule has 2 heterocycles. The topological polar surface area (TPSA) is 144 Å². The predicted molar refractivity (Wildman–Crippen MR) is 159 cm³/mol. The Morgan fingerprint density at radius 1 is 1.18 bits per heavy atom. The first-order valence-electron chi connectivity index (χ1n) is 14.8. The number of ether oxygens (including phenoxy) is 4. The molecule has 0 bridgehead atoms. The molecule has 1 aliphatic carbocycles. The SMILES string of the molecule is COc1ccc(C)c2c1O[C@H]1C(OC(=O)[C@@H](OC(=O)CCNC(=O)[C@H](C)O)c3ccccc3)=CC[C@@]3(O)[C@@H](C)N(C)CC[C@]213. The number of likely N-dealkylation sites (tertiary alicyclic amines) is 1. The van der Waals surface area contributed by atoms with Gasteiger partial charge in [-0.15, -0.1) is 0 Å². The molecule has 2 aliphatic heterocycles. The van der Waals surface area contributed by atoms with Crippen LogP contribution in [0, 0.1) is 6.92 Å². The lowest BCUT2D eigenvalue weighted by atomic mass is 9.54. The van der Waals surface area contributed by atoms with Gasteiger partial charge in [0.05, 0.1) is 24.5 Å². The van der Waals surface area contributed by atoms with Crippen LogP contribution in [0.15, 0.2) is 54.3 Å². The third-order valence-corrected chi connectivity index (χ3v) is 9.33. The van der Waals surface area contributed by atoms with Crippen LogP contribution in [0.4, 0.5) is 0 Å². The van der Waals surface area contributed by atoms with Gasteiger partial charge in [0.15, 0.2) is 17.6 Å². The molecule has 5 rings (SSSR count). The van der Waals surface area contributed by atoms with E-state index in [1.807, 2.05) is 33.0 Å². The van der Waals surface area contributed by atoms with Crippen molar-refractivity contribution in [2.45, 2.75) is 75.4 Å². The lowest BCUT2D eigenvalue weighted by Crippen LogP contribution is -2.71. The van der Waals surface area contributed by atoms with Crippen molar-refractivity contribution in [1.29, 1.82) is 0 Å². The number of amides is 1. The lowest BCUT2D eigenvalue weighted by Gasteiger charge is -2.58. The minimum absolute atomic E-state index is 0.0760. The zero-order chi connectivity index (χ0) is 31.8. The molecule has 3 N–H and O–H groups in total. The Balaban J connectivity index is 1.46. The summed E-state index contributed by atoms with van der Waals surface area (Å²) in [5.74, 6) is -0.916. The number of nitrogens with one attached hydrogen (secondary N) is 1. The number of benzene rings is 2. The number of esters is 2. The Hall–Kier alpha value is -3.93. The molecule has 0 saturated carbocycles. The largest absolute Gasteiger partial charge is 0.493 e. The molecule has 0 radical (unpaired) electrons. The van der Waals surface area contributed by atoms with Crippen LogP contribution in [0.1, 0.15) is 55.9 Å². The number of hydrogen-bond donors (Lipinski definition) is 3. The molecule has 44 heavy (non-hydrogen) atoms. The fraction of sp³-hybridized carbons (Fsp3) is 0.485. The number of nitrogens with zero attached hydrogens (tertiary/aromatic N) is 1. The van der Waals surface area contributed by atoms with Gasteiger partial charge < -0.3 is 39.4 Å². The Morgan fingerprint density at radius 3 is 2.59 bits per heavy atom. The maximum Gasteiger partial charge on any atom is 0.357 e. The van der Waals surface area contributed by atoms with Crippen LogP contribution in [-0.2, 0) is 29.3 Å². The number of carbonyl (C=O) groups excluding carboxylic acids is 3. The number of hydrogen-bond acceptors (Lipinski definition) is 10. The van der Waals surface area contributed by atoms with E-state index < -0.39 is 47.2 Å². The second-order valence-electron chi connectivity index (χ2n) is 11.8. The van der Waals surface area contributed by atoms with Crippen LogP contribution in [0.5, 0.6) is 11.5 Å². The molecule has 1 spiro atoms. The molecule has 11 nitrogen and oxygen atoms in total. The predicted octanol–water partition coefficient (Wildman–Crippen LogP) is 2.46. The average Bonchev–Trinajstić information content (AvgIpc) is 3.37. The molecule has 1 saturated heterocycles. The molecule has 1 fully saturated rings. The standard InChI is InChI=1S/C33H40N2O9/c1-19-11-12-23(41-5)28-26(19)32-16-18-35(4)21(3)33(32,40)15-13-24(29(32)44-28)42-31(39)27(22-9-7-6-8-10-22)43-25(37)14-17-34-30(38)20(2)36/h6-13,20-21,27,29,36,40H,14-18H2,1-5H3,(H,34,38)/t20-,21+,27-,29-,32-,33+/m0/s1. The van der Waals surface area contributed by atoms with Crippen molar-refractivity contribution in [3.8, 4) is 11.5 Å². The van der Waals surface area contributed by atoms with Crippen molar-refractivity contribution in [2.75, 3.05) is 27.2 Å². The average molecular weight is 609 g/mol. The Kier molecular flexibility index (Phi) is 8.75. The molecular weight excluding hydrogens is 568 g/mol. The highest BCUT2D eigenvalue weighted by Crippen LogP contribution is 2.62. The van der Waals surface area contributed by atoms with Gasteiger partial charge in [-0.25, -0.2) is 4.79 Å². The van der Waals surface area contributed by atoms with Gasteiger partial charge in [-0.05, 0) is 58.5 Å². The van der Waals surface area contributed by atoms with Gasteiger partial charge in [0.1, 0.15) is 11.9 Å². The normalized spacial score (nSPS) is 26.9. The first-order chi connectivity index (χ1) is 20.9. The summed E-state index contributed by atoms with van der Waals surface area (Å²) in [6.45, 7) is 5.88.